The standard InChI is InChI=1S/C21H23ClN4.C15H10ClFN2.C6H14N2/c22-19-11-16(26-15-8-6-14(23)7-9-15)10-17-18(12-25-21(24)20(17)19)13-4-2-1-3-5-13;16-13-7-10(17)6-11-12(8-19-15(18)14(11)13)9-4-2-1-3-5-9;7-5-1-2-6(8)4-3-5/h1-5,10-12,14-15,26H,6-9,23H2,(H2,24,25);1-8H,(H2,18,19);5-6H,1-4,7-8H2. The predicted octanol–water partition coefficient (Wildman–Crippen LogP) is 9.31. The summed E-state index contributed by atoms with van der Waals surface area (Å²) in [5.74, 6) is 0.375. The Labute approximate surface area is 320 Å². The van der Waals surface area contributed by atoms with Crippen LogP contribution in [0.25, 0.3) is 43.8 Å². The van der Waals surface area contributed by atoms with E-state index < -0.39 is 0 Å². The molecule has 2 saturated carbocycles. The molecule has 11 N–H and O–H groups in total. The van der Waals surface area contributed by atoms with Gasteiger partial charge in [0, 0.05) is 64.1 Å². The summed E-state index contributed by atoms with van der Waals surface area (Å²) in [7, 11) is 0. The zero-order valence-electron chi connectivity index (χ0n) is 29.6. The van der Waals surface area contributed by atoms with Crippen molar-refractivity contribution in [3.63, 3.8) is 0 Å². The number of aromatic nitrogens is 2. The van der Waals surface area contributed by atoms with Crippen LogP contribution >= 0.6 is 23.2 Å². The van der Waals surface area contributed by atoms with E-state index in [-0.39, 0.29) is 10.8 Å². The number of nitrogens with one attached hydrogen (secondary N) is 1. The fourth-order valence-corrected chi connectivity index (χ4v) is 7.70. The van der Waals surface area contributed by atoms with Gasteiger partial charge in [-0.25, -0.2) is 14.4 Å². The van der Waals surface area contributed by atoms with Crippen LogP contribution in [0.2, 0.25) is 10.0 Å². The lowest BCUT2D eigenvalue weighted by Crippen LogP contribution is -2.33. The molecule has 53 heavy (non-hydrogen) atoms. The van der Waals surface area contributed by atoms with Crippen LogP contribution < -0.4 is 34.0 Å². The molecule has 0 aliphatic heterocycles. The smallest absolute Gasteiger partial charge is 0.132 e. The first-order valence-electron chi connectivity index (χ1n) is 18.1. The summed E-state index contributed by atoms with van der Waals surface area (Å²) >= 11 is 12.7. The van der Waals surface area contributed by atoms with E-state index in [1.54, 1.807) is 6.20 Å². The summed E-state index contributed by atoms with van der Waals surface area (Å²) in [6.45, 7) is 0. The Morgan fingerprint density at radius 1 is 0.566 bits per heavy atom. The van der Waals surface area contributed by atoms with E-state index in [9.17, 15) is 4.39 Å². The number of fused-ring (bicyclic) bond motifs is 2. The fourth-order valence-electron chi connectivity index (χ4n) is 7.09. The molecule has 4 aromatic carbocycles. The lowest BCUT2D eigenvalue weighted by Gasteiger charge is -2.28. The number of hydrogen-bond donors (Lipinski definition) is 6. The summed E-state index contributed by atoms with van der Waals surface area (Å²) in [4.78, 5) is 8.50. The minimum absolute atomic E-state index is 0.276. The van der Waals surface area contributed by atoms with Gasteiger partial charge in [0.25, 0.3) is 0 Å². The number of nitrogens with two attached hydrogens (primary N) is 5. The predicted molar refractivity (Wildman–Crippen MR) is 221 cm³/mol. The topological polar surface area (TPSA) is 168 Å². The molecule has 0 amide bonds. The first-order valence-corrected chi connectivity index (χ1v) is 18.9. The van der Waals surface area contributed by atoms with Crippen LogP contribution in [0.15, 0.2) is 97.3 Å². The van der Waals surface area contributed by atoms with Crippen molar-refractivity contribution in [3.05, 3.63) is 113 Å². The van der Waals surface area contributed by atoms with E-state index in [4.69, 9.17) is 51.9 Å². The zero-order chi connectivity index (χ0) is 37.5. The molecule has 0 unspecified atom stereocenters. The van der Waals surface area contributed by atoms with Crippen molar-refractivity contribution in [1.29, 1.82) is 0 Å². The van der Waals surface area contributed by atoms with E-state index in [1.165, 1.54) is 12.1 Å². The molecule has 0 atom stereocenters. The second kappa shape index (κ2) is 17.5. The summed E-state index contributed by atoms with van der Waals surface area (Å²) in [6, 6.07) is 28.2. The van der Waals surface area contributed by atoms with Gasteiger partial charge in [0.15, 0.2) is 0 Å². The van der Waals surface area contributed by atoms with Gasteiger partial charge >= 0.3 is 0 Å². The normalized spacial score (nSPS) is 19.8. The molecule has 11 heteroatoms. The molecule has 0 saturated heterocycles. The highest BCUT2D eigenvalue weighted by Crippen LogP contribution is 2.38. The van der Waals surface area contributed by atoms with E-state index >= 15 is 0 Å². The second-order valence-electron chi connectivity index (χ2n) is 14.0. The highest BCUT2D eigenvalue weighted by molar-refractivity contribution is 6.37. The van der Waals surface area contributed by atoms with Crippen LogP contribution in [0.1, 0.15) is 51.4 Å². The highest BCUT2D eigenvalue weighted by Gasteiger charge is 2.20. The quantitative estimate of drug-likeness (QED) is 0.104. The Kier molecular flexibility index (Phi) is 12.7. The first-order chi connectivity index (χ1) is 25.6. The van der Waals surface area contributed by atoms with Crippen LogP contribution in [-0.4, -0.2) is 34.1 Å². The number of hydrogen-bond acceptors (Lipinski definition) is 8. The van der Waals surface area contributed by atoms with E-state index in [1.807, 2.05) is 60.8 Å². The van der Waals surface area contributed by atoms with Crippen molar-refractivity contribution in [1.82, 2.24) is 9.97 Å². The lowest BCUT2D eigenvalue weighted by molar-refractivity contribution is 0.395. The number of rotatable bonds is 4. The molecule has 2 aliphatic rings. The van der Waals surface area contributed by atoms with Crippen LogP contribution in [0, 0.1) is 5.82 Å². The van der Waals surface area contributed by atoms with Gasteiger partial charge in [-0.15, -0.1) is 0 Å². The number of nitrogens with zero attached hydrogens (tertiary/aromatic N) is 2. The fraction of sp³-hybridized carbons (Fsp3) is 0.286. The average Bonchev–Trinajstić information content (AvgIpc) is 3.15. The summed E-state index contributed by atoms with van der Waals surface area (Å²) < 4.78 is 13.6. The maximum atomic E-state index is 13.6. The van der Waals surface area contributed by atoms with E-state index in [0.29, 0.717) is 51.6 Å². The number of nitrogen functional groups attached to an aromatic ring is 2. The Hall–Kier alpha value is -4.51. The largest absolute Gasteiger partial charge is 0.383 e. The summed E-state index contributed by atoms with van der Waals surface area (Å²) in [6.07, 6.45) is 12.3. The van der Waals surface area contributed by atoms with Gasteiger partial charge in [0.1, 0.15) is 17.5 Å². The van der Waals surface area contributed by atoms with Crippen LogP contribution in [-0.2, 0) is 0 Å². The monoisotopic (exact) mass is 752 g/mol. The van der Waals surface area contributed by atoms with Crippen molar-refractivity contribution in [2.24, 2.45) is 17.2 Å². The van der Waals surface area contributed by atoms with Gasteiger partial charge < -0.3 is 34.0 Å². The minimum atomic E-state index is -0.389. The molecule has 276 valence electrons. The highest BCUT2D eigenvalue weighted by atomic mass is 35.5. The van der Waals surface area contributed by atoms with Crippen molar-refractivity contribution in [2.45, 2.75) is 75.5 Å². The molecule has 2 aromatic heterocycles. The third-order valence-electron chi connectivity index (χ3n) is 10.0. The van der Waals surface area contributed by atoms with E-state index in [0.717, 1.165) is 90.1 Å². The molecule has 2 aliphatic carbocycles. The van der Waals surface area contributed by atoms with Crippen molar-refractivity contribution in [2.75, 3.05) is 16.8 Å². The van der Waals surface area contributed by atoms with Gasteiger partial charge in [-0.3, -0.25) is 0 Å². The van der Waals surface area contributed by atoms with Gasteiger partial charge in [0.2, 0.25) is 0 Å². The Morgan fingerprint density at radius 3 is 1.45 bits per heavy atom. The van der Waals surface area contributed by atoms with Crippen molar-refractivity contribution >= 4 is 62.1 Å². The van der Waals surface area contributed by atoms with E-state index in [2.05, 4.69) is 33.5 Å². The number of benzene rings is 4. The third-order valence-corrected chi connectivity index (χ3v) is 10.6. The molecule has 8 nitrogen and oxygen atoms in total. The lowest BCUT2D eigenvalue weighted by atomic mass is 9.91. The Bertz CT molecular complexity index is 2130. The Morgan fingerprint density at radius 2 is 0.981 bits per heavy atom. The Balaban J connectivity index is 0.000000155. The second-order valence-corrected chi connectivity index (χ2v) is 14.8. The molecule has 6 aromatic rings. The number of anilines is 3. The van der Waals surface area contributed by atoms with Gasteiger partial charge in [-0.1, -0.05) is 83.9 Å². The first kappa shape index (κ1) is 38.2. The maximum Gasteiger partial charge on any atom is 0.132 e. The van der Waals surface area contributed by atoms with Crippen molar-refractivity contribution in [3.8, 4) is 22.3 Å². The number of halogens is 3. The molecule has 0 bridgehead atoms. The van der Waals surface area contributed by atoms with Crippen molar-refractivity contribution < 1.29 is 4.39 Å². The molecular formula is C42H47Cl2FN8. The van der Waals surface area contributed by atoms with Gasteiger partial charge in [-0.05, 0) is 97.5 Å². The van der Waals surface area contributed by atoms with Gasteiger partial charge in [-0.2, -0.15) is 0 Å². The zero-order valence-corrected chi connectivity index (χ0v) is 31.1. The SMILES string of the molecule is NC1CCC(N)CC1.Nc1ncc(-c2ccccc2)c2cc(F)cc(Cl)c12.Nc1ncc(-c2ccccc2)c2cc(NC3CCC(N)CC3)cc(Cl)c12. The summed E-state index contributed by atoms with van der Waals surface area (Å²) in [5, 5.41) is 7.62. The third kappa shape index (κ3) is 9.54. The molecule has 2 fully saturated rings. The van der Waals surface area contributed by atoms with Crippen LogP contribution in [0.5, 0.6) is 0 Å². The minimum Gasteiger partial charge on any atom is -0.383 e. The van der Waals surface area contributed by atoms with Gasteiger partial charge in [0.05, 0.1) is 10.0 Å². The average molecular weight is 754 g/mol. The molecule has 0 spiro atoms. The molecular weight excluding hydrogens is 706 g/mol. The summed E-state index contributed by atoms with van der Waals surface area (Å²) in [5.41, 5.74) is 34.2. The van der Waals surface area contributed by atoms with Crippen LogP contribution in [0.4, 0.5) is 21.7 Å². The maximum absolute atomic E-state index is 13.6. The van der Waals surface area contributed by atoms with Crippen LogP contribution in [0.3, 0.4) is 0 Å². The molecule has 0 radical (unpaired) electrons. The number of pyridine rings is 2. The molecule has 2 heterocycles. The molecule has 8 rings (SSSR count).